The number of hydrogen-bond acceptors (Lipinski definition) is 4. The van der Waals surface area contributed by atoms with Crippen LogP contribution in [-0.4, -0.2) is 42.9 Å². The number of nitrogens with zero attached hydrogens (tertiary/aromatic N) is 2. The number of aromatic nitrogens is 1. The minimum Gasteiger partial charge on any atom is -0.362 e. The number of sulfonamides is 1. The SMILES string of the molecule is Cc1ccc(S(=O)(=O)N2CCC[C@@H](C(=O)N/N=C/c3cc(C)[nH]c3C)C2)cc1. The highest BCUT2D eigenvalue weighted by molar-refractivity contribution is 7.89. The molecular weight excluding hydrogens is 376 g/mol. The lowest BCUT2D eigenvalue weighted by Gasteiger charge is -2.30. The fourth-order valence-corrected chi connectivity index (χ4v) is 4.89. The van der Waals surface area contributed by atoms with Crippen LogP contribution in [0.1, 0.15) is 35.4 Å². The summed E-state index contributed by atoms with van der Waals surface area (Å²) in [7, 11) is -3.60. The molecule has 0 aliphatic carbocycles. The van der Waals surface area contributed by atoms with Gasteiger partial charge in [0.2, 0.25) is 15.9 Å². The van der Waals surface area contributed by atoms with Crippen LogP contribution >= 0.6 is 0 Å². The highest BCUT2D eigenvalue weighted by Crippen LogP contribution is 2.24. The standard InChI is InChI=1S/C20H26N4O3S/c1-14-6-8-19(9-7-14)28(26,27)24-10-4-5-17(13-24)20(25)23-21-12-18-11-15(2)22-16(18)3/h6-9,11-12,17,22H,4-5,10,13H2,1-3H3,(H,23,25)/b21-12+/t17-/m1/s1. The van der Waals surface area contributed by atoms with Crippen LogP contribution in [0.3, 0.4) is 0 Å². The summed E-state index contributed by atoms with van der Waals surface area (Å²) in [5.74, 6) is -0.676. The van der Waals surface area contributed by atoms with E-state index in [1.807, 2.05) is 26.8 Å². The van der Waals surface area contributed by atoms with E-state index < -0.39 is 15.9 Å². The molecule has 2 N–H and O–H groups in total. The van der Waals surface area contributed by atoms with E-state index in [-0.39, 0.29) is 17.3 Å². The maximum Gasteiger partial charge on any atom is 0.244 e. The van der Waals surface area contributed by atoms with Gasteiger partial charge in [-0.15, -0.1) is 0 Å². The van der Waals surface area contributed by atoms with Crippen LogP contribution in [0.2, 0.25) is 0 Å². The second-order valence-electron chi connectivity index (χ2n) is 7.28. The lowest BCUT2D eigenvalue weighted by Crippen LogP contribution is -2.44. The van der Waals surface area contributed by atoms with Crippen molar-refractivity contribution >= 4 is 22.1 Å². The monoisotopic (exact) mass is 402 g/mol. The van der Waals surface area contributed by atoms with Crippen LogP contribution in [-0.2, 0) is 14.8 Å². The zero-order valence-corrected chi connectivity index (χ0v) is 17.2. The summed E-state index contributed by atoms with van der Waals surface area (Å²) in [6.45, 7) is 6.39. The molecule has 0 saturated carbocycles. The fourth-order valence-electron chi connectivity index (χ4n) is 3.37. The van der Waals surface area contributed by atoms with Gasteiger partial charge < -0.3 is 4.98 Å². The molecule has 2 aromatic rings. The molecule has 1 aromatic heterocycles. The highest BCUT2D eigenvalue weighted by atomic mass is 32.2. The number of hydrazone groups is 1. The molecule has 8 heteroatoms. The van der Waals surface area contributed by atoms with Gasteiger partial charge in [0.05, 0.1) is 17.0 Å². The Kier molecular flexibility index (Phi) is 6.00. The first kappa shape index (κ1) is 20.3. The average Bonchev–Trinajstić information content (AvgIpc) is 2.99. The van der Waals surface area contributed by atoms with Gasteiger partial charge in [0, 0.05) is 30.0 Å². The molecule has 0 spiro atoms. The van der Waals surface area contributed by atoms with Gasteiger partial charge in [-0.1, -0.05) is 17.7 Å². The molecule has 1 amide bonds. The first-order valence-electron chi connectivity index (χ1n) is 9.33. The third-order valence-electron chi connectivity index (χ3n) is 4.98. The van der Waals surface area contributed by atoms with E-state index in [2.05, 4.69) is 15.5 Å². The Morgan fingerprint density at radius 2 is 1.96 bits per heavy atom. The zero-order valence-electron chi connectivity index (χ0n) is 16.4. The van der Waals surface area contributed by atoms with Crippen molar-refractivity contribution in [1.82, 2.24) is 14.7 Å². The van der Waals surface area contributed by atoms with E-state index in [0.29, 0.717) is 19.4 Å². The van der Waals surface area contributed by atoms with Crippen molar-refractivity contribution in [3.8, 4) is 0 Å². The molecule has 0 radical (unpaired) electrons. The van der Waals surface area contributed by atoms with Crippen molar-refractivity contribution in [3.63, 3.8) is 0 Å². The fraction of sp³-hybridized carbons (Fsp3) is 0.400. The van der Waals surface area contributed by atoms with Gasteiger partial charge in [-0.2, -0.15) is 9.41 Å². The second kappa shape index (κ2) is 8.28. The van der Waals surface area contributed by atoms with Crippen LogP contribution < -0.4 is 5.43 Å². The van der Waals surface area contributed by atoms with Gasteiger partial charge in [0.1, 0.15) is 0 Å². The predicted octanol–water partition coefficient (Wildman–Crippen LogP) is 2.49. The van der Waals surface area contributed by atoms with Gasteiger partial charge in [0.25, 0.3) is 0 Å². The Morgan fingerprint density at radius 1 is 1.25 bits per heavy atom. The highest BCUT2D eigenvalue weighted by Gasteiger charge is 2.33. The summed E-state index contributed by atoms with van der Waals surface area (Å²) in [4.78, 5) is 15.9. The molecule has 0 bridgehead atoms. The molecule has 1 atom stereocenters. The lowest BCUT2D eigenvalue weighted by atomic mass is 9.99. The lowest BCUT2D eigenvalue weighted by molar-refractivity contribution is -0.126. The zero-order chi connectivity index (χ0) is 20.3. The molecule has 28 heavy (non-hydrogen) atoms. The molecule has 0 unspecified atom stereocenters. The summed E-state index contributed by atoms with van der Waals surface area (Å²) in [6, 6.07) is 8.72. The molecule has 3 rings (SSSR count). The topological polar surface area (TPSA) is 94.6 Å². The number of aromatic amines is 1. The van der Waals surface area contributed by atoms with Gasteiger partial charge in [0.15, 0.2) is 0 Å². The number of rotatable bonds is 5. The molecular formula is C20H26N4O3S. The van der Waals surface area contributed by atoms with Crippen molar-refractivity contribution in [2.45, 2.75) is 38.5 Å². The van der Waals surface area contributed by atoms with Crippen LogP contribution in [0.5, 0.6) is 0 Å². The van der Waals surface area contributed by atoms with Crippen molar-refractivity contribution in [1.29, 1.82) is 0 Å². The van der Waals surface area contributed by atoms with Gasteiger partial charge in [-0.25, -0.2) is 13.8 Å². The number of H-pyrrole nitrogens is 1. The number of carbonyl (C=O) groups is 1. The Bertz CT molecular complexity index is 977. The summed E-state index contributed by atoms with van der Waals surface area (Å²) < 4.78 is 27.1. The molecule has 1 aliphatic heterocycles. The summed E-state index contributed by atoms with van der Waals surface area (Å²) in [6.07, 6.45) is 2.88. The van der Waals surface area contributed by atoms with E-state index in [1.54, 1.807) is 30.5 Å². The van der Waals surface area contributed by atoms with E-state index in [9.17, 15) is 13.2 Å². The number of piperidine rings is 1. The average molecular weight is 403 g/mol. The smallest absolute Gasteiger partial charge is 0.244 e. The minimum absolute atomic E-state index is 0.167. The van der Waals surface area contributed by atoms with Crippen LogP contribution in [0, 0.1) is 26.7 Å². The Hall–Kier alpha value is -2.45. The van der Waals surface area contributed by atoms with E-state index in [0.717, 1.165) is 22.5 Å². The summed E-state index contributed by atoms with van der Waals surface area (Å²) >= 11 is 0. The Labute approximate surface area is 165 Å². The molecule has 1 aromatic carbocycles. The van der Waals surface area contributed by atoms with Crippen molar-refractivity contribution in [2.75, 3.05) is 13.1 Å². The quantitative estimate of drug-likeness (QED) is 0.594. The molecule has 1 fully saturated rings. The van der Waals surface area contributed by atoms with Gasteiger partial charge in [-0.3, -0.25) is 4.79 Å². The molecule has 7 nitrogen and oxygen atoms in total. The number of benzene rings is 1. The first-order chi connectivity index (χ1) is 13.3. The minimum atomic E-state index is -3.60. The maximum atomic E-state index is 12.9. The molecule has 2 heterocycles. The number of aryl methyl sites for hydroxylation is 3. The summed E-state index contributed by atoms with van der Waals surface area (Å²) in [5, 5.41) is 4.03. The van der Waals surface area contributed by atoms with E-state index in [1.165, 1.54) is 4.31 Å². The largest absolute Gasteiger partial charge is 0.362 e. The van der Waals surface area contributed by atoms with Crippen LogP contribution in [0.4, 0.5) is 0 Å². The van der Waals surface area contributed by atoms with E-state index in [4.69, 9.17) is 0 Å². The Balaban J connectivity index is 1.64. The van der Waals surface area contributed by atoms with Crippen LogP contribution in [0.15, 0.2) is 40.3 Å². The third-order valence-corrected chi connectivity index (χ3v) is 6.86. The molecule has 1 saturated heterocycles. The van der Waals surface area contributed by atoms with Crippen molar-refractivity contribution in [3.05, 3.63) is 52.8 Å². The summed E-state index contributed by atoms with van der Waals surface area (Å²) in [5.41, 5.74) is 6.46. The number of amides is 1. The normalized spacial score (nSPS) is 18.5. The third kappa shape index (κ3) is 4.51. The predicted molar refractivity (Wildman–Crippen MR) is 109 cm³/mol. The molecule has 1 aliphatic rings. The number of hydrogen-bond donors (Lipinski definition) is 2. The van der Waals surface area contributed by atoms with Crippen molar-refractivity contribution in [2.24, 2.45) is 11.0 Å². The van der Waals surface area contributed by atoms with Gasteiger partial charge in [-0.05, 0) is 51.8 Å². The maximum absolute atomic E-state index is 12.9. The number of carbonyl (C=O) groups excluding carboxylic acids is 1. The second-order valence-corrected chi connectivity index (χ2v) is 9.22. The number of nitrogens with one attached hydrogen (secondary N) is 2. The molecule has 150 valence electrons. The first-order valence-corrected chi connectivity index (χ1v) is 10.8. The van der Waals surface area contributed by atoms with Gasteiger partial charge >= 0.3 is 0 Å². The van der Waals surface area contributed by atoms with E-state index >= 15 is 0 Å². The Morgan fingerprint density at radius 3 is 2.61 bits per heavy atom. The van der Waals surface area contributed by atoms with Crippen LogP contribution in [0.25, 0.3) is 0 Å². The van der Waals surface area contributed by atoms with Crippen molar-refractivity contribution < 1.29 is 13.2 Å².